The molecule has 0 fully saturated rings. The van der Waals surface area contributed by atoms with Crippen molar-refractivity contribution in [2.24, 2.45) is 0 Å². The number of aromatic nitrogens is 1. The summed E-state index contributed by atoms with van der Waals surface area (Å²) < 4.78 is 5.64. The first kappa shape index (κ1) is 16.5. The van der Waals surface area contributed by atoms with E-state index in [2.05, 4.69) is 26.2 Å². The third kappa shape index (κ3) is 4.57. The van der Waals surface area contributed by atoms with E-state index in [1.165, 1.54) is 18.0 Å². The number of hydrogen-bond donors (Lipinski definition) is 1. The molecule has 5 nitrogen and oxygen atoms in total. The van der Waals surface area contributed by atoms with E-state index in [4.69, 9.17) is 4.74 Å². The normalized spacial score (nSPS) is 10.1. The fourth-order valence-electron chi connectivity index (χ4n) is 1.67. The summed E-state index contributed by atoms with van der Waals surface area (Å²) in [5.74, 6) is -0.986. The van der Waals surface area contributed by atoms with Gasteiger partial charge in [-0.15, -0.1) is 11.8 Å². The molecule has 1 aromatic carbocycles. The molecular formula is C15H13BrN2O3S. The lowest BCUT2D eigenvalue weighted by Gasteiger charge is -2.09. The molecule has 0 radical (unpaired) electrons. The molecule has 0 aliphatic rings. The number of benzene rings is 1. The minimum Gasteiger partial charge on any atom is -0.452 e. The van der Waals surface area contributed by atoms with Crippen LogP contribution in [-0.2, 0) is 9.53 Å². The maximum absolute atomic E-state index is 11.9. The van der Waals surface area contributed by atoms with Crippen LogP contribution in [-0.4, -0.2) is 29.7 Å². The van der Waals surface area contributed by atoms with Crippen molar-refractivity contribution in [2.45, 2.75) is 4.90 Å². The summed E-state index contributed by atoms with van der Waals surface area (Å²) in [5, 5.41) is 2.72. The van der Waals surface area contributed by atoms with E-state index in [-0.39, 0.29) is 12.2 Å². The van der Waals surface area contributed by atoms with E-state index >= 15 is 0 Å². The number of para-hydroxylation sites is 1. The molecule has 0 aliphatic carbocycles. The molecule has 0 unspecified atom stereocenters. The Kier molecular flexibility index (Phi) is 5.97. The molecule has 1 aromatic heterocycles. The average molecular weight is 381 g/mol. The van der Waals surface area contributed by atoms with Gasteiger partial charge in [-0.25, -0.2) is 4.79 Å². The van der Waals surface area contributed by atoms with E-state index in [1.807, 2.05) is 24.5 Å². The van der Waals surface area contributed by atoms with Crippen LogP contribution < -0.4 is 5.32 Å². The van der Waals surface area contributed by atoms with Crippen molar-refractivity contribution < 1.29 is 14.3 Å². The maximum atomic E-state index is 11.9. The number of hydrogen-bond acceptors (Lipinski definition) is 5. The Morgan fingerprint density at radius 2 is 2.09 bits per heavy atom. The molecule has 22 heavy (non-hydrogen) atoms. The van der Waals surface area contributed by atoms with Crippen molar-refractivity contribution in [3.8, 4) is 0 Å². The van der Waals surface area contributed by atoms with Crippen molar-refractivity contribution in [1.82, 2.24) is 4.98 Å². The second-order valence-corrected chi connectivity index (χ2v) is 5.98. The zero-order chi connectivity index (χ0) is 15.9. The van der Waals surface area contributed by atoms with Gasteiger partial charge in [0.05, 0.1) is 11.3 Å². The fraction of sp³-hybridized carbons (Fsp3) is 0.133. The van der Waals surface area contributed by atoms with Gasteiger partial charge in [-0.05, 0) is 40.4 Å². The topological polar surface area (TPSA) is 68.3 Å². The molecule has 1 amide bonds. The number of carbonyl (C=O) groups is 2. The van der Waals surface area contributed by atoms with Crippen LogP contribution in [0.25, 0.3) is 0 Å². The zero-order valence-corrected chi connectivity index (χ0v) is 14.1. The molecule has 0 saturated carbocycles. The van der Waals surface area contributed by atoms with Crippen LogP contribution in [0.1, 0.15) is 10.4 Å². The quantitative estimate of drug-likeness (QED) is 0.636. The summed E-state index contributed by atoms with van der Waals surface area (Å²) in [6.07, 6.45) is 4.86. The van der Waals surface area contributed by atoms with E-state index in [1.54, 1.807) is 18.3 Å². The monoisotopic (exact) mass is 380 g/mol. The first-order valence-corrected chi connectivity index (χ1v) is 8.32. The number of pyridine rings is 1. The highest BCUT2D eigenvalue weighted by Crippen LogP contribution is 2.24. The van der Waals surface area contributed by atoms with Gasteiger partial charge in [0.2, 0.25) is 0 Å². The van der Waals surface area contributed by atoms with E-state index in [9.17, 15) is 9.59 Å². The standard InChI is InChI=1S/C15H13BrN2O3S/c1-22-13-5-3-2-4-12(13)18-14(19)9-21-15(20)10-6-11(16)8-17-7-10/h2-8H,9H2,1H3,(H,18,19). The number of carbonyl (C=O) groups excluding carboxylic acids is 2. The number of anilines is 1. The Hall–Kier alpha value is -1.86. The number of nitrogens with one attached hydrogen (secondary N) is 1. The van der Waals surface area contributed by atoms with Crippen LogP contribution >= 0.6 is 27.7 Å². The lowest BCUT2D eigenvalue weighted by molar-refractivity contribution is -0.119. The molecule has 0 atom stereocenters. The maximum Gasteiger partial charge on any atom is 0.340 e. The van der Waals surface area contributed by atoms with E-state index in [0.717, 1.165) is 4.90 Å². The largest absolute Gasteiger partial charge is 0.452 e. The molecule has 114 valence electrons. The summed E-state index contributed by atoms with van der Waals surface area (Å²) in [6.45, 7) is -0.353. The van der Waals surface area contributed by atoms with Crippen LogP contribution in [0.5, 0.6) is 0 Å². The Morgan fingerprint density at radius 3 is 2.82 bits per heavy atom. The van der Waals surface area contributed by atoms with Gasteiger partial charge in [-0.1, -0.05) is 12.1 Å². The molecule has 0 saturated heterocycles. The lowest BCUT2D eigenvalue weighted by Crippen LogP contribution is -2.21. The first-order chi connectivity index (χ1) is 10.6. The third-order valence-corrected chi connectivity index (χ3v) is 3.89. The van der Waals surface area contributed by atoms with Crippen LogP contribution in [0, 0.1) is 0 Å². The van der Waals surface area contributed by atoms with Crippen molar-refractivity contribution in [3.63, 3.8) is 0 Å². The highest BCUT2D eigenvalue weighted by Gasteiger charge is 2.12. The van der Waals surface area contributed by atoms with Gasteiger partial charge >= 0.3 is 5.97 Å². The number of ether oxygens (including phenoxy) is 1. The van der Waals surface area contributed by atoms with Crippen molar-refractivity contribution in [2.75, 3.05) is 18.2 Å². The highest BCUT2D eigenvalue weighted by atomic mass is 79.9. The number of thioether (sulfide) groups is 1. The Labute approximate surface area is 140 Å². The Balaban J connectivity index is 1.91. The number of rotatable bonds is 5. The van der Waals surface area contributed by atoms with Crippen LogP contribution in [0.3, 0.4) is 0 Å². The predicted molar refractivity (Wildman–Crippen MR) is 89.1 cm³/mol. The number of amides is 1. The zero-order valence-electron chi connectivity index (χ0n) is 11.7. The van der Waals surface area contributed by atoms with Crippen LogP contribution in [0.15, 0.2) is 52.1 Å². The lowest BCUT2D eigenvalue weighted by atomic mass is 10.3. The van der Waals surface area contributed by atoms with Gasteiger partial charge in [-0.2, -0.15) is 0 Å². The molecule has 0 bridgehead atoms. The molecule has 0 aliphatic heterocycles. The van der Waals surface area contributed by atoms with E-state index in [0.29, 0.717) is 10.2 Å². The van der Waals surface area contributed by atoms with Crippen LogP contribution in [0.2, 0.25) is 0 Å². The third-order valence-electron chi connectivity index (χ3n) is 2.66. The minimum atomic E-state index is -0.595. The predicted octanol–water partition coefficient (Wildman–Crippen LogP) is 3.36. The van der Waals surface area contributed by atoms with E-state index < -0.39 is 11.9 Å². The summed E-state index contributed by atoms with van der Waals surface area (Å²) in [4.78, 5) is 28.5. The smallest absolute Gasteiger partial charge is 0.340 e. The number of nitrogens with zero attached hydrogens (tertiary/aromatic N) is 1. The van der Waals surface area contributed by atoms with Gasteiger partial charge in [0.1, 0.15) is 0 Å². The van der Waals surface area contributed by atoms with Gasteiger partial charge in [0.25, 0.3) is 5.91 Å². The Morgan fingerprint density at radius 1 is 1.32 bits per heavy atom. The van der Waals surface area contributed by atoms with Crippen molar-refractivity contribution in [1.29, 1.82) is 0 Å². The Bertz CT molecular complexity index is 694. The second kappa shape index (κ2) is 7.95. The van der Waals surface area contributed by atoms with Crippen LogP contribution in [0.4, 0.5) is 5.69 Å². The molecule has 1 N–H and O–H groups in total. The van der Waals surface area contributed by atoms with Crippen molar-refractivity contribution >= 4 is 45.3 Å². The summed E-state index contributed by atoms with van der Waals surface area (Å²) in [6, 6.07) is 9.00. The number of esters is 1. The molecule has 1 heterocycles. The average Bonchev–Trinajstić information content (AvgIpc) is 2.53. The molecule has 7 heteroatoms. The molecule has 0 spiro atoms. The minimum absolute atomic E-state index is 0.284. The number of halogens is 1. The molecule has 2 rings (SSSR count). The SMILES string of the molecule is CSc1ccccc1NC(=O)COC(=O)c1cncc(Br)c1. The van der Waals surface area contributed by atoms with Gasteiger partial charge < -0.3 is 10.1 Å². The van der Waals surface area contributed by atoms with Gasteiger partial charge in [-0.3, -0.25) is 9.78 Å². The summed E-state index contributed by atoms with van der Waals surface area (Å²) in [5.41, 5.74) is 0.979. The fourth-order valence-corrected chi connectivity index (χ4v) is 2.59. The van der Waals surface area contributed by atoms with Crippen molar-refractivity contribution in [3.05, 3.63) is 52.8 Å². The molecule has 2 aromatic rings. The summed E-state index contributed by atoms with van der Waals surface area (Å²) >= 11 is 4.74. The second-order valence-electron chi connectivity index (χ2n) is 4.22. The van der Waals surface area contributed by atoms with Gasteiger partial charge in [0.15, 0.2) is 6.61 Å². The molecular weight excluding hydrogens is 368 g/mol. The summed E-state index contributed by atoms with van der Waals surface area (Å²) in [7, 11) is 0. The highest BCUT2D eigenvalue weighted by molar-refractivity contribution is 9.10. The first-order valence-electron chi connectivity index (χ1n) is 6.30. The van der Waals surface area contributed by atoms with Gasteiger partial charge in [0, 0.05) is 21.8 Å².